The highest BCUT2D eigenvalue weighted by molar-refractivity contribution is 5.84. The molecule has 0 spiro atoms. The average Bonchev–Trinajstić information content (AvgIpc) is 3.20. The van der Waals surface area contributed by atoms with Gasteiger partial charge in [0.15, 0.2) is 5.58 Å². The summed E-state index contributed by atoms with van der Waals surface area (Å²) in [7, 11) is 0. The Kier molecular flexibility index (Phi) is 4.61. The lowest BCUT2D eigenvalue weighted by atomic mass is 9.83. The van der Waals surface area contributed by atoms with Crippen LogP contribution in [0.25, 0.3) is 11.0 Å². The van der Waals surface area contributed by atoms with Crippen molar-refractivity contribution in [1.82, 2.24) is 14.6 Å². The van der Waals surface area contributed by atoms with Crippen molar-refractivity contribution in [2.75, 3.05) is 13.1 Å². The zero-order valence-electron chi connectivity index (χ0n) is 17.8. The topological polar surface area (TPSA) is 71.5 Å². The zero-order valence-corrected chi connectivity index (χ0v) is 17.8. The lowest BCUT2D eigenvalue weighted by Crippen LogP contribution is -2.46. The van der Waals surface area contributed by atoms with Crippen LogP contribution in [0.2, 0.25) is 0 Å². The summed E-state index contributed by atoms with van der Waals surface area (Å²) >= 11 is 0. The molecule has 2 aliphatic heterocycles. The number of benzene rings is 2. The molecule has 162 valence electrons. The Hall–Kier alpha value is -3.38. The SMILES string of the molecule is O=c1cccc2n1C[C@@H]1C[C@H]2CN(Cc2c(O)ccc3c(Cc4ccccc4)noc23)C1. The largest absolute Gasteiger partial charge is 0.507 e. The summed E-state index contributed by atoms with van der Waals surface area (Å²) in [6.07, 6.45) is 1.80. The van der Waals surface area contributed by atoms with Gasteiger partial charge in [0.1, 0.15) is 5.75 Å². The Bertz CT molecular complexity index is 1340. The van der Waals surface area contributed by atoms with Crippen molar-refractivity contribution in [3.63, 3.8) is 0 Å². The highest BCUT2D eigenvalue weighted by Crippen LogP contribution is 2.37. The molecule has 0 aliphatic carbocycles. The summed E-state index contributed by atoms with van der Waals surface area (Å²) in [5.41, 5.74) is 4.75. The van der Waals surface area contributed by atoms with E-state index in [9.17, 15) is 9.90 Å². The number of fused-ring (bicyclic) bond motifs is 5. The van der Waals surface area contributed by atoms with Crippen molar-refractivity contribution in [3.05, 3.63) is 93.5 Å². The number of hydrogen-bond acceptors (Lipinski definition) is 5. The van der Waals surface area contributed by atoms with Crippen molar-refractivity contribution in [1.29, 1.82) is 0 Å². The Balaban J connectivity index is 1.29. The molecule has 4 heterocycles. The standard InChI is InChI=1S/C26H25N3O3/c30-24-10-9-20-22(12-17-5-2-1-3-6-17)27-32-26(20)21(24)16-28-13-18-11-19(15-28)23-7-4-8-25(31)29(23)14-18/h1-10,18-19,30H,11-16H2/t18-,19+/m1/s1. The van der Waals surface area contributed by atoms with Crippen molar-refractivity contribution in [2.45, 2.75) is 31.8 Å². The number of pyridine rings is 1. The number of phenolic OH excluding ortho intramolecular Hbond substituents is 1. The van der Waals surface area contributed by atoms with E-state index in [1.807, 2.05) is 34.9 Å². The number of rotatable bonds is 4. The second kappa shape index (κ2) is 7.64. The van der Waals surface area contributed by atoms with Gasteiger partial charge in [-0.25, -0.2) is 0 Å². The van der Waals surface area contributed by atoms with Gasteiger partial charge in [0, 0.05) is 55.7 Å². The molecule has 6 heteroatoms. The zero-order chi connectivity index (χ0) is 21.7. The highest BCUT2D eigenvalue weighted by Gasteiger charge is 2.35. The van der Waals surface area contributed by atoms with Gasteiger partial charge in [-0.05, 0) is 36.1 Å². The van der Waals surface area contributed by atoms with Crippen molar-refractivity contribution < 1.29 is 9.63 Å². The van der Waals surface area contributed by atoms with Gasteiger partial charge in [0.05, 0.1) is 11.3 Å². The number of aromatic nitrogens is 2. The van der Waals surface area contributed by atoms with Crippen molar-refractivity contribution in [3.8, 4) is 5.75 Å². The monoisotopic (exact) mass is 427 g/mol. The molecule has 2 bridgehead atoms. The first-order chi connectivity index (χ1) is 15.7. The predicted molar refractivity (Wildman–Crippen MR) is 122 cm³/mol. The predicted octanol–water partition coefficient (Wildman–Crippen LogP) is 3.91. The third-order valence-corrected chi connectivity index (χ3v) is 6.95. The lowest BCUT2D eigenvalue weighted by Gasteiger charge is -2.42. The minimum Gasteiger partial charge on any atom is -0.507 e. The van der Waals surface area contributed by atoms with E-state index < -0.39 is 0 Å². The van der Waals surface area contributed by atoms with Crippen LogP contribution in [0.4, 0.5) is 0 Å². The van der Waals surface area contributed by atoms with Crippen LogP contribution >= 0.6 is 0 Å². The Morgan fingerprint density at radius 2 is 1.88 bits per heavy atom. The van der Waals surface area contributed by atoms with E-state index in [1.54, 1.807) is 12.1 Å². The van der Waals surface area contributed by atoms with Gasteiger partial charge in [0.2, 0.25) is 0 Å². The fraction of sp³-hybridized carbons (Fsp3) is 0.308. The molecule has 2 aliphatic rings. The third-order valence-electron chi connectivity index (χ3n) is 6.95. The van der Waals surface area contributed by atoms with Crippen LogP contribution in [0.5, 0.6) is 5.75 Å². The molecule has 2 atom stereocenters. The second-order valence-corrected chi connectivity index (χ2v) is 9.12. The molecule has 2 aromatic heterocycles. The molecule has 0 unspecified atom stereocenters. The van der Waals surface area contributed by atoms with E-state index in [2.05, 4.69) is 28.3 Å². The van der Waals surface area contributed by atoms with Gasteiger partial charge in [-0.2, -0.15) is 0 Å². The van der Waals surface area contributed by atoms with E-state index in [0.717, 1.165) is 48.4 Å². The molecule has 0 saturated carbocycles. The summed E-state index contributed by atoms with van der Waals surface area (Å²) in [4.78, 5) is 14.7. The van der Waals surface area contributed by atoms with Crippen molar-refractivity contribution >= 4 is 11.0 Å². The van der Waals surface area contributed by atoms with E-state index >= 15 is 0 Å². The molecule has 0 radical (unpaired) electrons. The molecule has 4 aromatic rings. The van der Waals surface area contributed by atoms with Crippen LogP contribution in [0.3, 0.4) is 0 Å². The Labute approximate surface area is 185 Å². The van der Waals surface area contributed by atoms with Crippen LogP contribution < -0.4 is 5.56 Å². The summed E-state index contributed by atoms with van der Waals surface area (Å²) < 4.78 is 7.70. The van der Waals surface area contributed by atoms with Gasteiger partial charge in [-0.15, -0.1) is 0 Å². The van der Waals surface area contributed by atoms with E-state index in [0.29, 0.717) is 30.4 Å². The molecular weight excluding hydrogens is 402 g/mol. The number of likely N-dealkylation sites (tertiary alicyclic amines) is 1. The average molecular weight is 428 g/mol. The van der Waals surface area contributed by atoms with Crippen LogP contribution in [0.15, 0.2) is 70.0 Å². The van der Waals surface area contributed by atoms with Gasteiger partial charge >= 0.3 is 0 Å². The molecule has 6 nitrogen and oxygen atoms in total. The Morgan fingerprint density at radius 3 is 2.75 bits per heavy atom. The minimum absolute atomic E-state index is 0.0978. The van der Waals surface area contributed by atoms with Crippen LogP contribution in [-0.4, -0.2) is 32.8 Å². The van der Waals surface area contributed by atoms with Crippen LogP contribution in [0, 0.1) is 5.92 Å². The molecule has 1 saturated heterocycles. The van der Waals surface area contributed by atoms with E-state index in [4.69, 9.17) is 4.52 Å². The lowest BCUT2D eigenvalue weighted by molar-refractivity contribution is 0.113. The highest BCUT2D eigenvalue weighted by atomic mass is 16.5. The molecule has 6 rings (SSSR count). The fourth-order valence-corrected chi connectivity index (χ4v) is 5.52. The molecule has 32 heavy (non-hydrogen) atoms. The van der Waals surface area contributed by atoms with E-state index in [1.165, 1.54) is 5.56 Å². The number of nitrogens with zero attached hydrogens (tertiary/aromatic N) is 3. The summed E-state index contributed by atoms with van der Waals surface area (Å²) in [5.74, 6) is 1.01. The maximum absolute atomic E-state index is 12.3. The summed E-state index contributed by atoms with van der Waals surface area (Å²) in [6, 6.07) is 19.5. The smallest absolute Gasteiger partial charge is 0.250 e. The van der Waals surface area contributed by atoms with Gasteiger partial charge in [-0.3, -0.25) is 9.69 Å². The number of phenols is 1. The molecular formula is C26H25N3O3. The maximum atomic E-state index is 12.3. The number of aromatic hydroxyl groups is 1. The first-order valence-corrected chi connectivity index (χ1v) is 11.2. The quantitative estimate of drug-likeness (QED) is 0.535. The summed E-state index contributed by atoms with van der Waals surface area (Å²) in [5, 5.41) is 16.0. The second-order valence-electron chi connectivity index (χ2n) is 9.12. The van der Waals surface area contributed by atoms with Gasteiger partial charge in [-0.1, -0.05) is 41.6 Å². The normalized spacial score (nSPS) is 20.4. The van der Waals surface area contributed by atoms with E-state index in [-0.39, 0.29) is 11.3 Å². The fourth-order valence-electron chi connectivity index (χ4n) is 5.52. The molecule has 0 amide bonds. The van der Waals surface area contributed by atoms with Crippen molar-refractivity contribution in [2.24, 2.45) is 5.92 Å². The summed E-state index contributed by atoms with van der Waals surface area (Å²) in [6.45, 7) is 3.13. The minimum atomic E-state index is 0.0978. The van der Waals surface area contributed by atoms with Crippen LogP contribution in [-0.2, 0) is 19.5 Å². The first-order valence-electron chi connectivity index (χ1n) is 11.2. The number of piperidine rings is 1. The maximum Gasteiger partial charge on any atom is 0.250 e. The number of hydrogen-bond donors (Lipinski definition) is 1. The first kappa shape index (κ1) is 19.3. The third kappa shape index (κ3) is 3.31. The molecule has 1 N–H and O–H groups in total. The van der Waals surface area contributed by atoms with Crippen LogP contribution in [0.1, 0.15) is 34.9 Å². The Morgan fingerprint density at radius 1 is 1.00 bits per heavy atom. The molecule has 2 aromatic carbocycles. The molecule has 1 fully saturated rings. The van der Waals surface area contributed by atoms with Gasteiger partial charge < -0.3 is 14.2 Å². The van der Waals surface area contributed by atoms with Gasteiger partial charge in [0.25, 0.3) is 5.56 Å².